The molecule has 3 heteroatoms. The minimum Gasteiger partial charge on any atom is -0.384 e. The minimum atomic E-state index is -0.0272. The van der Waals surface area contributed by atoms with Gasteiger partial charge >= 0.3 is 0 Å². The zero-order valence-electron chi connectivity index (χ0n) is 12.2. The zero-order valence-corrected chi connectivity index (χ0v) is 12.9. The fourth-order valence-electron chi connectivity index (χ4n) is 1.89. The molecule has 21 heavy (non-hydrogen) atoms. The Kier molecular flexibility index (Phi) is 5.18. The lowest BCUT2D eigenvalue weighted by Crippen LogP contribution is -2.12. The SMILES string of the molecule is C/C(=C/C(=O)c1ccc(Cl)cc1)NCc1ccc(C)cc1. The third-order valence-electron chi connectivity index (χ3n) is 3.17. The molecule has 0 aromatic heterocycles. The molecule has 0 bridgehead atoms. The van der Waals surface area contributed by atoms with Crippen molar-refractivity contribution in [1.29, 1.82) is 0 Å². The smallest absolute Gasteiger partial charge is 0.187 e. The topological polar surface area (TPSA) is 29.1 Å². The number of carbonyl (C=O) groups is 1. The van der Waals surface area contributed by atoms with Crippen LogP contribution < -0.4 is 5.32 Å². The van der Waals surface area contributed by atoms with Crippen LogP contribution in [0.25, 0.3) is 0 Å². The number of rotatable bonds is 5. The first-order chi connectivity index (χ1) is 10.0. The molecule has 0 aliphatic heterocycles. The largest absolute Gasteiger partial charge is 0.384 e. The summed E-state index contributed by atoms with van der Waals surface area (Å²) in [5, 5.41) is 3.87. The van der Waals surface area contributed by atoms with Crippen molar-refractivity contribution in [3.8, 4) is 0 Å². The highest BCUT2D eigenvalue weighted by Gasteiger charge is 2.03. The minimum absolute atomic E-state index is 0.0272. The van der Waals surface area contributed by atoms with Crippen LogP contribution in [0.4, 0.5) is 0 Å². The summed E-state index contributed by atoms with van der Waals surface area (Å²) < 4.78 is 0. The first-order valence-electron chi connectivity index (χ1n) is 6.82. The highest BCUT2D eigenvalue weighted by Crippen LogP contribution is 2.11. The molecular weight excluding hydrogens is 282 g/mol. The second-order valence-electron chi connectivity index (χ2n) is 5.04. The average molecular weight is 300 g/mol. The Labute approximate surface area is 130 Å². The van der Waals surface area contributed by atoms with Crippen molar-refractivity contribution >= 4 is 17.4 Å². The molecule has 0 fully saturated rings. The summed E-state index contributed by atoms with van der Waals surface area (Å²) >= 11 is 5.81. The predicted octanol–water partition coefficient (Wildman–Crippen LogP) is 4.52. The van der Waals surface area contributed by atoms with E-state index in [-0.39, 0.29) is 5.78 Å². The van der Waals surface area contributed by atoms with E-state index < -0.39 is 0 Å². The number of allylic oxidation sites excluding steroid dienone is 2. The molecule has 2 rings (SSSR count). The number of ketones is 1. The van der Waals surface area contributed by atoms with Gasteiger partial charge in [0.05, 0.1) is 0 Å². The Balaban J connectivity index is 1.95. The van der Waals surface area contributed by atoms with E-state index >= 15 is 0 Å². The Bertz CT molecular complexity index is 642. The lowest BCUT2D eigenvalue weighted by molar-refractivity contribution is 0.104. The summed E-state index contributed by atoms with van der Waals surface area (Å²) in [6.45, 7) is 4.66. The number of hydrogen-bond donors (Lipinski definition) is 1. The molecule has 0 amide bonds. The zero-order chi connectivity index (χ0) is 15.2. The van der Waals surface area contributed by atoms with Crippen molar-refractivity contribution in [3.05, 3.63) is 82.0 Å². The molecule has 0 atom stereocenters. The van der Waals surface area contributed by atoms with E-state index in [4.69, 9.17) is 11.6 Å². The van der Waals surface area contributed by atoms with Gasteiger partial charge in [-0.05, 0) is 43.7 Å². The summed E-state index contributed by atoms with van der Waals surface area (Å²) in [7, 11) is 0. The van der Waals surface area contributed by atoms with Crippen LogP contribution in [0.5, 0.6) is 0 Å². The summed E-state index contributed by atoms with van der Waals surface area (Å²) in [5.74, 6) is -0.0272. The Morgan fingerprint density at radius 3 is 2.33 bits per heavy atom. The molecule has 0 radical (unpaired) electrons. The van der Waals surface area contributed by atoms with Gasteiger partial charge in [0, 0.05) is 28.9 Å². The van der Waals surface area contributed by atoms with Gasteiger partial charge in [-0.25, -0.2) is 0 Å². The molecule has 0 heterocycles. The van der Waals surface area contributed by atoms with Gasteiger partial charge in [0.1, 0.15) is 0 Å². The Morgan fingerprint density at radius 1 is 1.10 bits per heavy atom. The van der Waals surface area contributed by atoms with Crippen LogP contribution in [0.1, 0.15) is 28.4 Å². The highest BCUT2D eigenvalue weighted by atomic mass is 35.5. The number of aryl methyl sites for hydroxylation is 1. The summed E-state index contributed by atoms with van der Waals surface area (Å²) in [6.07, 6.45) is 1.61. The van der Waals surface area contributed by atoms with E-state index in [9.17, 15) is 4.79 Å². The van der Waals surface area contributed by atoms with Gasteiger partial charge in [0.2, 0.25) is 0 Å². The number of hydrogen-bond acceptors (Lipinski definition) is 2. The van der Waals surface area contributed by atoms with Crippen LogP contribution >= 0.6 is 11.6 Å². The third-order valence-corrected chi connectivity index (χ3v) is 3.42. The summed E-state index contributed by atoms with van der Waals surface area (Å²) in [6, 6.07) is 15.2. The van der Waals surface area contributed by atoms with Gasteiger partial charge in [-0.3, -0.25) is 4.79 Å². The van der Waals surface area contributed by atoms with Crippen molar-refractivity contribution in [2.45, 2.75) is 20.4 Å². The van der Waals surface area contributed by atoms with Crippen molar-refractivity contribution < 1.29 is 4.79 Å². The third kappa shape index (κ3) is 4.76. The van der Waals surface area contributed by atoms with Crippen LogP contribution in [0.15, 0.2) is 60.3 Å². The lowest BCUT2D eigenvalue weighted by atomic mass is 10.1. The molecule has 0 saturated heterocycles. The summed E-state index contributed by atoms with van der Waals surface area (Å²) in [5.41, 5.74) is 3.91. The molecule has 1 N–H and O–H groups in total. The van der Waals surface area contributed by atoms with E-state index in [1.165, 1.54) is 11.1 Å². The van der Waals surface area contributed by atoms with E-state index in [1.807, 2.05) is 6.92 Å². The van der Waals surface area contributed by atoms with Gasteiger partial charge in [-0.2, -0.15) is 0 Å². The molecular formula is C18H18ClNO. The molecule has 0 spiro atoms. The van der Waals surface area contributed by atoms with Gasteiger partial charge in [-0.15, -0.1) is 0 Å². The van der Waals surface area contributed by atoms with Crippen molar-refractivity contribution in [2.75, 3.05) is 0 Å². The van der Waals surface area contributed by atoms with Gasteiger partial charge in [-0.1, -0.05) is 41.4 Å². The summed E-state index contributed by atoms with van der Waals surface area (Å²) in [4.78, 5) is 12.1. The van der Waals surface area contributed by atoms with E-state index in [0.29, 0.717) is 17.1 Å². The maximum absolute atomic E-state index is 12.1. The van der Waals surface area contributed by atoms with Crippen LogP contribution in [0, 0.1) is 6.92 Å². The molecule has 108 valence electrons. The fraction of sp³-hybridized carbons (Fsp3) is 0.167. The number of halogens is 1. The molecule has 2 nitrogen and oxygen atoms in total. The van der Waals surface area contributed by atoms with Gasteiger partial charge in [0.25, 0.3) is 0 Å². The fourth-order valence-corrected chi connectivity index (χ4v) is 2.02. The Morgan fingerprint density at radius 2 is 1.71 bits per heavy atom. The molecule has 0 saturated carbocycles. The number of nitrogens with one attached hydrogen (secondary N) is 1. The molecule has 2 aromatic rings. The standard InChI is InChI=1S/C18H18ClNO/c1-13-3-5-15(6-4-13)12-20-14(2)11-18(21)16-7-9-17(19)10-8-16/h3-11,20H,12H2,1-2H3/b14-11-. The second kappa shape index (κ2) is 7.09. The number of benzene rings is 2. The molecule has 2 aromatic carbocycles. The van der Waals surface area contributed by atoms with E-state index in [1.54, 1.807) is 30.3 Å². The normalized spacial score (nSPS) is 11.3. The van der Waals surface area contributed by atoms with E-state index in [0.717, 1.165) is 5.70 Å². The van der Waals surface area contributed by atoms with Crippen molar-refractivity contribution in [1.82, 2.24) is 5.32 Å². The quantitative estimate of drug-likeness (QED) is 0.649. The monoisotopic (exact) mass is 299 g/mol. The van der Waals surface area contributed by atoms with Crippen molar-refractivity contribution in [3.63, 3.8) is 0 Å². The van der Waals surface area contributed by atoms with Crippen LogP contribution in [-0.4, -0.2) is 5.78 Å². The van der Waals surface area contributed by atoms with Crippen LogP contribution in [-0.2, 0) is 6.54 Å². The van der Waals surface area contributed by atoms with Crippen molar-refractivity contribution in [2.24, 2.45) is 0 Å². The van der Waals surface area contributed by atoms with Crippen LogP contribution in [0.2, 0.25) is 5.02 Å². The first kappa shape index (κ1) is 15.3. The van der Waals surface area contributed by atoms with E-state index in [2.05, 4.69) is 36.5 Å². The first-order valence-corrected chi connectivity index (χ1v) is 7.20. The molecule has 0 unspecified atom stereocenters. The van der Waals surface area contributed by atoms with Gasteiger partial charge < -0.3 is 5.32 Å². The maximum Gasteiger partial charge on any atom is 0.187 e. The molecule has 0 aliphatic rings. The lowest BCUT2D eigenvalue weighted by Gasteiger charge is -2.07. The predicted molar refractivity (Wildman–Crippen MR) is 87.6 cm³/mol. The average Bonchev–Trinajstić information content (AvgIpc) is 2.47. The Hall–Kier alpha value is -2.06. The van der Waals surface area contributed by atoms with Gasteiger partial charge in [0.15, 0.2) is 5.78 Å². The van der Waals surface area contributed by atoms with Crippen LogP contribution in [0.3, 0.4) is 0 Å². The number of carbonyl (C=O) groups excluding carboxylic acids is 1. The second-order valence-corrected chi connectivity index (χ2v) is 5.47. The highest BCUT2D eigenvalue weighted by molar-refractivity contribution is 6.30. The maximum atomic E-state index is 12.1. The molecule has 0 aliphatic carbocycles.